The van der Waals surface area contributed by atoms with Crippen LogP contribution in [0.15, 0.2) is 10.7 Å². The van der Waals surface area contributed by atoms with E-state index < -0.39 is 0 Å². The molecule has 1 aromatic heterocycles. The van der Waals surface area contributed by atoms with Gasteiger partial charge in [-0.1, -0.05) is 12.8 Å². The van der Waals surface area contributed by atoms with Gasteiger partial charge in [0.1, 0.15) is 0 Å². The van der Waals surface area contributed by atoms with Crippen LogP contribution in [0.25, 0.3) is 0 Å². The molecule has 0 aliphatic carbocycles. The second-order valence-electron chi connectivity index (χ2n) is 4.00. The highest BCUT2D eigenvalue weighted by molar-refractivity contribution is 9.10. The second-order valence-corrected chi connectivity index (χ2v) is 4.86. The van der Waals surface area contributed by atoms with Crippen LogP contribution in [0.2, 0.25) is 0 Å². The van der Waals surface area contributed by atoms with E-state index in [-0.39, 0.29) is 0 Å². The van der Waals surface area contributed by atoms with Gasteiger partial charge in [-0.25, -0.2) is 9.97 Å². The summed E-state index contributed by atoms with van der Waals surface area (Å²) < 4.78 is 0.987. The van der Waals surface area contributed by atoms with Crippen molar-refractivity contribution in [2.75, 3.05) is 18.0 Å². The third-order valence-electron chi connectivity index (χ3n) is 2.80. The average molecular weight is 270 g/mol. The van der Waals surface area contributed by atoms with Crippen LogP contribution in [0, 0.1) is 6.92 Å². The molecular formula is C11H16BrN3. The summed E-state index contributed by atoms with van der Waals surface area (Å²) in [6.45, 7) is 4.20. The molecule has 2 heterocycles. The van der Waals surface area contributed by atoms with E-state index in [1.807, 2.05) is 13.1 Å². The molecule has 0 N–H and O–H groups in total. The number of anilines is 1. The van der Waals surface area contributed by atoms with Crippen molar-refractivity contribution in [2.24, 2.45) is 0 Å². The highest BCUT2D eigenvalue weighted by Crippen LogP contribution is 2.18. The van der Waals surface area contributed by atoms with Crippen LogP contribution < -0.4 is 4.90 Å². The number of halogens is 1. The van der Waals surface area contributed by atoms with Gasteiger partial charge < -0.3 is 4.90 Å². The first-order valence-electron chi connectivity index (χ1n) is 5.51. The van der Waals surface area contributed by atoms with Gasteiger partial charge in [0, 0.05) is 19.3 Å². The largest absolute Gasteiger partial charge is 0.341 e. The quantitative estimate of drug-likeness (QED) is 0.785. The van der Waals surface area contributed by atoms with Gasteiger partial charge in [0.2, 0.25) is 5.95 Å². The molecule has 0 atom stereocenters. The van der Waals surface area contributed by atoms with Crippen molar-refractivity contribution in [1.29, 1.82) is 0 Å². The van der Waals surface area contributed by atoms with E-state index in [4.69, 9.17) is 0 Å². The molecule has 0 bridgehead atoms. The van der Waals surface area contributed by atoms with Crippen LogP contribution in [-0.4, -0.2) is 23.1 Å². The molecule has 0 radical (unpaired) electrons. The molecule has 1 aromatic rings. The summed E-state index contributed by atoms with van der Waals surface area (Å²) >= 11 is 3.43. The second kappa shape index (κ2) is 4.92. The van der Waals surface area contributed by atoms with Crippen LogP contribution in [-0.2, 0) is 0 Å². The molecule has 0 spiro atoms. The van der Waals surface area contributed by atoms with Crippen molar-refractivity contribution in [2.45, 2.75) is 32.6 Å². The minimum atomic E-state index is 0.887. The maximum Gasteiger partial charge on any atom is 0.225 e. The zero-order chi connectivity index (χ0) is 10.7. The van der Waals surface area contributed by atoms with Gasteiger partial charge in [-0.3, -0.25) is 0 Å². The summed E-state index contributed by atoms with van der Waals surface area (Å²) in [6, 6.07) is 0. The SMILES string of the molecule is Cc1nc(N2CCCCCC2)ncc1Br. The van der Waals surface area contributed by atoms with Gasteiger partial charge in [0.05, 0.1) is 10.2 Å². The topological polar surface area (TPSA) is 29.0 Å². The minimum Gasteiger partial charge on any atom is -0.341 e. The molecule has 0 saturated carbocycles. The third kappa shape index (κ3) is 2.68. The normalized spacial score (nSPS) is 17.6. The lowest BCUT2D eigenvalue weighted by Gasteiger charge is -2.20. The molecular weight excluding hydrogens is 254 g/mol. The zero-order valence-electron chi connectivity index (χ0n) is 9.04. The molecule has 0 aromatic carbocycles. The van der Waals surface area contributed by atoms with E-state index >= 15 is 0 Å². The van der Waals surface area contributed by atoms with E-state index in [0.29, 0.717) is 0 Å². The molecule has 1 saturated heterocycles. The summed E-state index contributed by atoms with van der Waals surface area (Å²) in [4.78, 5) is 11.2. The van der Waals surface area contributed by atoms with Gasteiger partial charge in [0.15, 0.2) is 0 Å². The fraction of sp³-hybridized carbons (Fsp3) is 0.636. The van der Waals surface area contributed by atoms with Gasteiger partial charge >= 0.3 is 0 Å². The Labute approximate surface area is 99.0 Å². The summed E-state index contributed by atoms with van der Waals surface area (Å²) in [5.74, 6) is 0.887. The number of hydrogen-bond acceptors (Lipinski definition) is 3. The van der Waals surface area contributed by atoms with Crippen molar-refractivity contribution in [3.05, 3.63) is 16.4 Å². The smallest absolute Gasteiger partial charge is 0.225 e. The van der Waals surface area contributed by atoms with Crippen LogP contribution in [0.4, 0.5) is 5.95 Å². The van der Waals surface area contributed by atoms with Crippen LogP contribution in [0.5, 0.6) is 0 Å². The molecule has 82 valence electrons. The van der Waals surface area contributed by atoms with Crippen LogP contribution in [0.1, 0.15) is 31.4 Å². The lowest BCUT2D eigenvalue weighted by atomic mass is 10.2. The molecule has 0 unspecified atom stereocenters. The predicted molar refractivity (Wildman–Crippen MR) is 65.2 cm³/mol. The van der Waals surface area contributed by atoms with E-state index in [1.54, 1.807) is 0 Å². The van der Waals surface area contributed by atoms with Crippen LogP contribution in [0.3, 0.4) is 0 Å². The molecule has 15 heavy (non-hydrogen) atoms. The zero-order valence-corrected chi connectivity index (χ0v) is 10.6. The summed E-state index contributed by atoms with van der Waals surface area (Å²) in [7, 11) is 0. The van der Waals surface area contributed by atoms with Gasteiger partial charge in [0.25, 0.3) is 0 Å². The molecule has 3 nitrogen and oxygen atoms in total. The number of aryl methyl sites for hydroxylation is 1. The first kappa shape index (κ1) is 10.9. The van der Waals surface area contributed by atoms with Crippen molar-refractivity contribution >= 4 is 21.9 Å². The number of rotatable bonds is 1. The number of nitrogens with zero attached hydrogens (tertiary/aromatic N) is 3. The Bertz CT molecular complexity index is 333. The molecule has 4 heteroatoms. The van der Waals surface area contributed by atoms with E-state index in [9.17, 15) is 0 Å². The Hall–Kier alpha value is -0.640. The van der Waals surface area contributed by atoms with Crippen molar-refractivity contribution in [3.63, 3.8) is 0 Å². The first-order chi connectivity index (χ1) is 7.27. The summed E-state index contributed by atoms with van der Waals surface area (Å²) in [5.41, 5.74) is 1.02. The molecule has 0 amide bonds. The molecule has 1 aliphatic heterocycles. The van der Waals surface area contributed by atoms with Gasteiger partial charge in [-0.2, -0.15) is 0 Å². The van der Waals surface area contributed by atoms with Gasteiger partial charge in [-0.15, -0.1) is 0 Å². The fourth-order valence-electron chi connectivity index (χ4n) is 1.86. The highest BCUT2D eigenvalue weighted by atomic mass is 79.9. The lowest BCUT2D eigenvalue weighted by molar-refractivity contribution is 0.726. The Morgan fingerprint density at radius 3 is 2.47 bits per heavy atom. The van der Waals surface area contributed by atoms with Crippen molar-refractivity contribution in [3.8, 4) is 0 Å². The minimum absolute atomic E-state index is 0.887. The number of aromatic nitrogens is 2. The lowest BCUT2D eigenvalue weighted by Crippen LogP contribution is -2.26. The van der Waals surface area contributed by atoms with Crippen molar-refractivity contribution < 1.29 is 0 Å². The Balaban J connectivity index is 2.16. The number of hydrogen-bond donors (Lipinski definition) is 0. The maximum atomic E-state index is 4.51. The third-order valence-corrected chi connectivity index (χ3v) is 3.57. The van der Waals surface area contributed by atoms with Gasteiger partial charge in [-0.05, 0) is 35.7 Å². The van der Waals surface area contributed by atoms with Crippen LogP contribution >= 0.6 is 15.9 Å². The summed E-state index contributed by atoms with van der Waals surface area (Å²) in [6.07, 6.45) is 7.05. The predicted octanol–water partition coefficient (Wildman–Crippen LogP) is 2.93. The fourth-order valence-corrected chi connectivity index (χ4v) is 2.05. The van der Waals surface area contributed by atoms with E-state index in [0.717, 1.165) is 29.2 Å². The average Bonchev–Trinajstić information content (AvgIpc) is 2.50. The Morgan fingerprint density at radius 1 is 1.20 bits per heavy atom. The van der Waals surface area contributed by atoms with E-state index in [1.165, 1.54) is 25.7 Å². The van der Waals surface area contributed by atoms with E-state index in [2.05, 4.69) is 30.8 Å². The standard InChI is InChI=1S/C11H16BrN3/c1-9-10(12)8-13-11(14-9)15-6-4-2-3-5-7-15/h8H,2-7H2,1H3. The highest BCUT2D eigenvalue weighted by Gasteiger charge is 2.12. The first-order valence-corrected chi connectivity index (χ1v) is 6.31. The molecule has 2 rings (SSSR count). The molecule has 1 aliphatic rings. The molecule has 1 fully saturated rings. The maximum absolute atomic E-state index is 4.51. The van der Waals surface area contributed by atoms with Crippen molar-refractivity contribution in [1.82, 2.24) is 9.97 Å². The Kier molecular flexibility index (Phi) is 3.57. The monoisotopic (exact) mass is 269 g/mol. The Morgan fingerprint density at radius 2 is 1.87 bits per heavy atom. The summed E-state index contributed by atoms with van der Waals surface area (Å²) in [5, 5.41) is 0.